The SMILES string of the molecule is NC1(CCO)CCCc2ccccc21. The van der Waals surface area contributed by atoms with E-state index in [-0.39, 0.29) is 12.1 Å². The number of rotatable bonds is 2. The van der Waals surface area contributed by atoms with Crippen molar-refractivity contribution in [1.82, 2.24) is 0 Å². The molecule has 76 valence electrons. The van der Waals surface area contributed by atoms with Crippen LogP contribution in [0.25, 0.3) is 0 Å². The van der Waals surface area contributed by atoms with Gasteiger partial charge >= 0.3 is 0 Å². The van der Waals surface area contributed by atoms with E-state index in [1.54, 1.807) is 0 Å². The van der Waals surface area contributed by atoms with E-state index in [4.69, 9.17) is 10.8 Å². The van der Waals surface area contributed by atoms with Gasteiger partial charge < -0.3 is 10.8 Å². The molecule has 2 nitrogen and oxygen atoms in total. The van der Waals surface area contributed by atoms with Crippen molar-refractivity contribution in [3.8, 4) is 0 Å². The molecule has 0 saturated heterocycles. The number of aliphatic hydroxyl groups is 1. The number of hydrogen-bond donors (Lipinski definition) is 2. The van der Waals surface area contributed by atoms with Crippen LogP contribution in [0.4, 0.5) is 0 Å². The molecule has 0 amide bonds. The number of nitrogens with two attached hydrogens (primary N) is 1. The van der Waals surface area contributed by atoms with Gasteiger partial charge in [0.15, 0.2) is 0 Å². The maximum absolute atomic E-state index is 9.03. The minimum atomic E-state index is -0.288. The van der Waals surface area contributed by atoms with E-state index in [1.807, 2.05) is 6.07 Å². The third-order valence-corrected chi connectivity index (χ3v) is 3.18. The van der Waals surface area contributed by atoms with Crippen molar-refractivity contribution in [1.29, 1.82) is 0 Å². The number of aliphatic hydroxyl groups excluding tert-OH is 1. The summed E-state index contributed by atoms with van der Waals surface area (Å²) in [5.41, 5.74) is 8.63. The molecule has 0 heterocycles. The number of hydrogen-bond acceptors (Lipinski definition) is 2. The standard InChI is InChI=1S/C12H17NO/c13-12(8-9-14)7-3-5-10-4-1-2-6-11(10)12/h1-2,4,6,14H,3,5,7-9,13H2. The number of fused-ring (bicyclic) bond motifs is 1. The molecule has 1 unspecified atom stereocenters. The molecule has 0 radical (unpaired) electrons. The van der Waals surface area contributed by atoms with E-state index >= 15 is 0 Å². The molecule has 0 fully saturated rings. The monoisotopic (exact) mass is 191 g/mol. The summed E-state index contributed by atoms with van der Waals surface area (Å²) in [6, 6.07) is 8.34. The molecule has 2 heteroatoms. The van der Waals surface area contributed by atoms with Crippen molar-refractivity contribution in [2.45, 2.75) is 31.2 Å². The van der Waals surface area contributed by atoms with Crippen LogP contribution in [0.15, 0.2) is 24.3 Å². The average Bonchev–Trinajstić information content (AvgIpc) is 2.19. The first-order chi connectivity index (χ1) is 6.76. The van der Waals surface area contributed by atoms with Crippen molar-refractivity contribution in [3.63, 3.8) is 0 Å². The highest BCUT2D eigenvalue weighted by molar-refractivity contribution is 5.35. The summed E-state index contributed by atoms with van der Waals surface area (Å²) in [5.74, 6) is 0. The van der Waals surface area contributed by atoms with Crippen molar-refractivity contribution >= 4 is 0 Å². The highest BCUT2D eigenvalue weighted by Crippen LogP contribution is 2.35. The Labute approximate surface area is 84.7 Å². The summed E-state index contributed by atoms with van der Waals surface area (Å²) < 4.78 is 0. The number of benzene rings is 1. The molecule has 1 aliphatic rings. The van der Waals surface area contributed by atoms with Gasteiger partial charge in [-0.2, -0.15) is 0 Å². The zero-order valence-corrected chi connectivity index (χ0v) is 8.37. The Hall–Kier alpha value is -0.860. The van der Waals surface area contributed by atoms with Gasteiger partial charge in [0.05, 0.1) is 0 Å². The van der Waals surface area contributed by atoms with Crippen molar-refractivity contribution < 1.29 is 5.11 Å². The molecule has 1 atom stereocenters. The minimum Gasteiger partial charge on any atom is -0.396 e. The Morgan fingerprint density at radius 2 is 2.14 bits per heavy atom. The van der Waals surface area contributed by atoms with Gasteiger partial charge in [-0.1, -0.05) is 24.3 Å². The lowest BCUT2D eigenvalue weighted by molar-refractivity contribution is 0.224. The van der Waals surface area contributed by atoms with Gasteiger partial charge in [-0.3, -0.25) is 0 Å². The molecule has 0 spiro atoms. The van der Waals surface area contributed by atoms with Crippen LogP contribution in [0.2, 0.25) is 0 Å². The second kappa shape index (κ2) is 3.71. The molecule has 1 aliphatic carbocycles. The second-order valence-corrected chi connectivity index (χ2v) is 4.14. The van der Waals surface area contributed by atoms with Crippen LogP contribution in [0, 0.1) is 0 Å². The Bertz CT molecular complexity index is 324. The lowest BCUT2D eigenvalue weighted by Crippen LogP contribution is -2.40. The largest absolute Gasteiger partial charge is 0.396 e. The van der Waals surface area contributed by atoms with Crippen LogP contribution in [0.1, 0.15) is 30.4 Å². The van der Waals surface area contributed by atoms with Crippen LogP contribution in [-0.4, -0.2) is 11.7 Å². The Morgan fingerprint density at radius 3 is 2.93 bits per heavy atom. The maximum Gasteiger partial charge on any atom is 0.0451 e. The molecule has 0 aliphatic heterocycles. The quantitative estimate of drug-likeness (QED) is 0.745. The van der Waals surface area contributed by atoms with Crippen LogP contribution >= 0.6 is 0 Å². The smallest absolute Gasteiger partial charge is 0.0451 e. The summed E-state index contributed by atoms with van der Waals surface area (Å²) in [7, 11) is 0. The lowest BCUT2D eigenvalue weighted by Gasteiger charge is -2.35. The summed E-state index contributed by atoms with van der Waals surface area (Å²) in [6.45, 7) is 0.171. The first-order valence-electron chi connectivity index (χ1n) is 5.24. The van der Waals surface area contributed by atoms with Gasteiger partial charge in [0, 0.05) is 12.1 Å². The highest BCUT2D eigenvalue weighted by Gasteiger charge is 2.31. The van der Waals surface area contributed by atoms with Gasteiger partial charge in [-0.15, -0.1) is 0 Å². The Balaban J connectivity index is 2.39. The molecule has 2 rings (SSSR count). The fourth-order valence-electron chi connectivity index (χ4n) is 2.41. The van der Waals surface area contributed by atoms with Gasteiger partial charge in [0.2, 0.25) is 0 Å². The molecule has 1 aromatic rings. The van der Waals surface area contributed by atoms with E-state index in [0.29, 0.717) is 6.42 Å². The summed E-state index contributed by atoms with van der Waals surface area (Å²) in [4.78, 5) is 0. The molecule has 0 bridgehead atoms. The van der Waals surface area contributed by atoms with Gasteiger partial charge in [-0.05, 0) is 36.8 Å². The van der Waals surface area contributed by atoms with Gasteiger partial charge in [0.25, 0.3) is 0 Å². The summed E-state index contributed by atoms with van der Waals surface area (Å²) in [5, 5.41) is 9.03. The average molecular weight is 191 g/mol. The molecule has 0 saturated carbocycles. The van der Waals surface area contributed by atoms with E-state index in [1.165, 1.54) is 11.1 Å². The predicted molar refractivity (Wildman–Crippen MR) is 56.9 cm³/mol. The van der Waals surface area contributed by atoms with E-state index in [9.17, 15) is 0 Å². The lowest BCUT2D eigenvalue weighted by atomic mass is 9.75. The topological polar surface area (TPSA) is 46.2 Å². The Kier molecular flexibility index (Phi) is 2.57. The summed E-state index contributed by atoms with van der Waals surface area (Å²) >= 11 is 0. The molecular weight excluding hydrogens is 174 g/mol. The third kappa shape index (κ3) is 1.56. The predicted octanol–water partition coefficient (Wildman–Crippen LogP) is 1.56. The van der Waals surface area contributed by atoms with Crippen molar-refractivity contribution in [2.75, 3.05) is 6.61 Å². The number of aryl methyl sites for hydroxylation is 1. The second-order valence-electron chi connectivity index (χ2n) is 4.14. The zero-order valence-electron chi connectivity index (χ0n) is 8.37. The van der Waals surface area contributed by atoms with Crippen LogP contribution in [0.5, 0.6) is 0 Å². The minimum absolute atomic E-state index is 0.171. The maximum atomic E-state index is 9.03. The molecule has 1 aromatic carbocycles. The molecule has 3 N–H and O–H groups in total. The van der Waals surface area contributed by atoms with Crippen LogP contribution in [-0.2, 0) is 12.0 Å². The van der Waals surface area contributed by atoms with E-state index in [2.05, 4.69) is 18.2 Å². The first kappa shape index (κ1) is 9.69. The van der Waals surface area contributed by atoms with Gasteiger partial charge in [0.1, 0.15) is 0 Å². The third-order valence-electron chi connectivity index (χ3n) is 3.18. The van der Waals surface area contributed by atoms with E-state index < -0.39 is 0 Å². The molecular formula is C12H17NO. The fourth-order valence-corrected chi connectivity index (χ4v) is 2.41. The van der Waals surface area contributed by atoms with Crippen molar-refractivity contribution in [3.05, 3.63) is 35.4 Å². The first-order valence-corrected chi connectivity index (χ1v) is 5.24. The molecule has 0 aromatic heterocycles. The van der Waals surface area contributed by atoms with Crippen molar-refractivity contribution in [2.24, 2.45) is 5.73 Å². The van der Waals surface area contributed by atoms with Crippen LogP contribution in [0.3, 0.4) is 0 Å². The highest BCUT2D eigenvalue weighted by atomic mass is 16.3. The Morgan fingerprint density at radius 1 is 1.36 bits per heavy atom. The normalized spacial score (nSPS) is 25.9. The fraction of sp³-hybridized carbons (Fsp3) is 0.500. The van der Waals surface area contributed by atoms with Gasteiger partial charge in [-0.25, -0.2) is 0 Å². The van der Waals surface area contributed by atoms with E-state index in [0.717, 1.165) is 19.3 Å². The summed E-state index contributed by atoms with van der Waals surface area (Å²) in [6.07, 6.45) is 3.92. The zero-order chi connectivity index (χ0) is 10.0. The van der Waals surface area contributed by atoms with Crippen LogP contribution < -0.4 is 5.73 Å². The molecule has 14 heavy (non-hydrogen) atoms.